The fourth-order valence-electron chi connectivity index (χ4n) is 0.881. The highest BCUT2D eigenvalue weighted by Crippen LogP contribution is 2.44. The highest BCUT2D eigenvalue weighted by Gasteiger charge is 2.29. The minimum Gasteiger partial charge on any atom is -0.479 e. The minimum atomic E-state index is -4.41. The standard InChI is InChI=1S/C9H11O6P/c1-7(9(10)11)14-16(12,13)15-8-5-3-2-4-6-8/h2-7H,1H3,(H,10,11)(H,12,13). The van der Waals surface area contributed by atoms with E-state index in [0.29, 0.717) is 0 Å². The van der Waals surface area contributed by atoms with Gasteiger partial charge in [0.25, 0.3) is 0 Å². The molecule has 1 aromatic carbocycles. The van der Waals surface area contributed by atoms with Gasteiger partial charge in [0.05, 0.1) is 0 Å². The normalized spacial score (nSPS) is 16.1. The van der Waals surface area contributed by atoms with Crippen LogP contribution in [0.4, 0.5) is 0 Å². The Balaban J connectivity index is 2.66. The van der Waals surface area contributed by atoms with Crippen LogP contribution in [0.15, 0.2) is 30.3 Å². The number of hydrogen-bond acceptors (Lipinski definition) is 4. The van der Waals surface area contributed by atoms with Crippen molar-refractivity contribution in [2.45, 2.75) is 13.0 Å². The number of aliphatic carboxylic acids is 1. The van der Waals surface area contributed by atoms with Crippen molar-refractivity contribution in [1.82, 2.24) is 0 Å². The number of hydrogen-bond donors (Lipinski definition) is 2. The topological polar surface area (TPSA) is 93.1 Å². The van der Waals surface area contributed by atoms with Crippen LogP contribution in [-0.2, 0) is 13.9 Å². The first-order valence-corrected chi connectivity index (χ1v) is 5.89. The third kappa shape index (κ3) is 4.02. The lowest BCUT2D eigenvalue weighted by atomic mass is 10.3. The van der Waals surface area contributed by atoms with Crippen LogP contribution in [0.3, 0.4) is 0 Å². The van der Waals surface area contributed by atoms with Gasteiger partial charge in [-0.1, -0.05) is 18.2 Å². The van der Waals surface area contributed by atoms with Gasteiger partial charge in [-0.15, -0.1) is 0 Å². The van der Waals surface area contributed by atoms with E-state index in [1.54, 1.807) is 18.2 Å². The van der Waals surface area contributed by atoms with Gasteiger partial charge in [-0.05, 0) is 19.1 Å². The summed E-state index contributed by atoms with van der Waals surface area (Å²) in [4.78, 5) is 19.7. The summed E-state index contributed by atoms with van der Waals surface area (Å²) in [5.74, 6) is -1.21. The third-order valence-electron chi connectivity index (χ3n) is 1.60. The molecular formula is C9H11O6P. The van der Waals surface area contributed by atoms with Crippen molar-refractivity contribution in [3.63, 3.8) is 0 Å². The first kappa shape index (κ1) is 12.7. The number of carboxylic acid groups (broad SMARTS) is 1. The fourth-order valence-corrected chi connectivity index (χ4v) is 1.80. The van der Waals surface area contributed by atoms with Crippen LogP contribution in [0.2, 0.25) is 0 Å². The zero-order valence-electron chi connectivity index (χ0n) is 8.44. The zero-order chi connectivity index (χ0) is 12.2. The van der Waals surface area contributed by atoms with E-state index in [0.717, 1.165) is 6.92 Å². The predicted molar refractivity (Wildman–Crippen MR) is 55.1 cm³/mol. The third-order valence-corrected chi connectivity index (χ3v) is 2.63. The second-order valence-corrected chi connectivity index (χ2v) is 4.29. The van der Waals surface area contributed by atoms with E-state index < -0.39 is 19.9 Å². The molecule has 0 heterocycles. The summed E-state index contributed by atoms with van der Waals surface area (Å²) in [5.41, 5.74) is 0. The van der Waals surface area contributed by atoms with Crippen LogP contribution >= 0.6 is 7.82 Å². The Morgan fingerprint density at radius 1 is 1.38 bits per heavy atom. The molecule has 7 heteroatoms. The first-order chi connectivity index (χ1) is 7.41. The van der Waals surface area contributed by atoms with E-state index in [1.165, 1.54) is 12.1 Å². The molecule has 2 unspecified atom stereocenters. The van der Waals surface area contributed by atoms with E-state index >= 15 is 0 Å². The summed E-state index contributed by atoms with van der Waals surface area (Å²) in [6, 6.07) is 7.83. The van der Waals surface area contributed by atoms with Crippen LogP contribution in [-0.4, -0.2) is 22.1 Å². The molecule has 0 aliphatic heterocycles. The van der Waals surface area contributed by atoms with E-state index in [-0.39, 0.29) is 5.75 Å². The Morgan fingerprint density at radius 3 is 2.44 bits per heavy atom. The van der Waals surface area contributed by atoms with Crippen molar-refractivity contribution in [2.24, 2.45) is 0 Å². The quantitative estimate of drug-likeness (QED) is 0.767. The Hall–Kier alpha value is -1.36. The van der Waals surface area contributed by atoms with Gasteiger partial charge < -0.3 is 9.63 Å². The molecule has 0 aliphatic carbocycles. The van der Waals surface area contributed by atoms with Gasteiger partial charge >= 0.3 is 13.8 Å². The van der Waals surface area contributed by atoms with E-state index in [9.17, 15) is 14.3 Å². The van der Waals surface area contributed by atoms with Gasteiger partial charge in [0.2, 0.25) is 0 Å². The second kappa shape index (κ2) is 5.12. The van der Waals surface area contributed by atoms with E-state index in [1.807, 2.05) is 0 Å². The van der Waals surface area contributed by atoms with Gasteiger partial charge in [0.15, 0.2) is 6.10 Å². The number of phosphoric acid groups is 1. The van der Waals surface area contributed by atoms with E-state index in [2.05, 4.69) is 9.05 Å². The molecule has 2 atom stereocenters. The fraction of sp³-hybridized carbons (Fsp3) is 0.222. The summed E-state index contributed by atoms with van der Waals surface area (Å²) in [6.45, 7) is 1.14. The maximum Gasteiger partial charge on any atom is 0.528 e. The lowest BCUT2D eigenvalue weighted by molar-refractivity contribution is -0.144. The maximum atomic E-state index is 11.3. The number of phosphoric ester groups is 1. The molecule has 0 fully saturated rings. The molecule has 0 aromatic heterocycles. The maximum absolute atomic E-state index is 11.3. The highest BCUT2D eigenvalue weighted by molar-refractivity contribution is 7.47. The van der Waals surface area contributed by atoms with Crippen molar-refractivity contribution < 1.29 is 28.4 Å². The molecule has 6 nitrogen and oxygen atoms in total. The molecule has 2 N–H and O–H groups in total. The lowest BCUT2D eigenvalue weighted by Crippen LogP contribution is -2.19. The summed E-state index contributed by atoms with van der Waals surface area (Å²) < 4.78 is 20.4. The molecule has 0 saturated carbocycles. The Morgan fingerprint density at radius 2 is 1.94 bits per heavy atom. The minimum absolute atomic E-state index is 0.130. The van der Waals surface area contributed by atoms with Gasteiger partial charge in [-0.2, -0.15) is 0 Å². The van der Waals surface area contributed by atoms with Gasteiger partial charge in [-0.25, -0.2) is 9.36 Å². The highest BCUT2D eigenvalue weighted by atomic mass is 31.2. The average Bonchev–Trinajstić information content (AvgIpc) is 2.17. The number of carboxylic acids is 1. The summed E-state index contributed by atoms with van der Waals surface area (Å²) >= 11 is 0. The van der Waals surface area contributed by atoms with Crippen LogP contribution in [0.5, 0.6) is 5.75 Å². The average molecular weight is 246 g/mol. The van der Waals surface area contributed by atoms with Crippen molar-refractivity contribution in [1.29, 1.82) is 0 Å². The molecule has 0 amide bonds. The summed E-state index contributed by atoms with van der Waals surface area (Å²) in [6.07, 6.45) is -1.42. The smallest absolute Gasteiger partial charge is 0.479 e. The van der Waals surface area contributed by atoms with Crippen LogP contribution in [0, 0.1) is 0 Å². The Labute approximate surface area is 92.1 Å². The van der Waals surface area contributed by atoms with Crippen LogP contribution in [0.25, 0.3) is 0 Å². The molecule has 1 rings (SSSR count). The molecule has 0 radical (unpaired) electrons. The van der Waals surface area contributed by atoms with Gasteiger partial charge in [0.1, 0.15) is 5.75 Å². The largest absolute Gasteiger partial charge is 0.528 e. The number of carbonyl (C=O) groups is 1. The molecule has 0 aliphatic rings. The van der Waals surface area contributed by atoms with Gasteiger partial charge in [-0.3, -0.25) is 9.42 Å². The second-order valence-electron chi connectivity index (χ2n) is 2.96. The first-order valence-electron chi connectivity index (χ1n) is 4.39. The number of benzene rings is 1. The lowest BCUT2D eigenvalue weighted by Gasteiger charge is -2.15. The number of rotatable bonds is 5. The molecule has 0 saturated heterocycles. The number of para-hydroxylation sites is 1. The SMILES string of the molecule is CC(OP(=O)(O)Oc1ccccc1)C(=O)O. The van der Waals surface area contributed by atoms with Gasteiger partial charge in [0, 0.05) is 0 Å². The molecular weight excluding hydrogens is 235 g/mol. The molecule has 16 heavy (non-hydrogen) atoms. The summed E-state index contributed by atoms with van der Waals surface area (Å²) in [7, 11) is -4.41. The Bertz CT molecular complexity index is 404. The molecule has 0 bridgehead atoms. The van der Waals surface area contributed by atoms with Crippen LogP contribution < -0.4 is 4.52 Å². The molecule has 1 aromatic rings. The van der Waals surface area contributed by atoms with Crippen LogP contribution in [0.1, 0.15) is 6.92 Å². The molecule has 0 spiro atoms. The van der Waals surface area contributed by atoms with Crippen molar-refractivity contribution >= 4 is 13.8 Å². The van der Waals surface area contributed by atoms with E-state index in [4.69, 9.17) is 5.11 Å². The predicted octanol–water partition coefficient (Wildman–Crippen LogP) is 1.66. The van der Waals surface area contributed by atoms with Crippen molar-refractivity contribution in [3.05, 3.63) is 30.3 Å². The van der Waals surface area contributed by atoms with Crippen molar-refractivity contribution in [2.75, 3.05) is 0 Å². The summed E-state index contributed by atoms with van der Waals surface area (Å²) in [5, 5.41) is 8.50. The Kier molecular flexibility index (Phi) is 4.06. The molecule has 88 valence electrons. The zero-order valence-corrected chi connectivity index (χ0v) is 9.33. The van der Waals surface area contributed by atoms with Crippen molar-refractivity contribution in [3.8, 4) is 5.75 Å². The monoisotopic (exact) mass is 246 g/mol.